The summed E-state index contributed by atoms with van der Waals surface area (Å²) in [7, 11) is -3.96. The van der Waals surface area contributed by atoms with Gasteiger partial charge in [-0.3, -0.25) is 14.8 Å². The highest BCUT2D eigenvalue weighted by Gasteiger charge is 2.21. The van der Waals surface area contributed by atoms with Crippen molar-refractivity contribution in [3.05, 3.63) is 33.9 Å². The van der Waals surface area contributed by atoms with Crippen LogP contribution in [0.3, 0.4) is 0 Å². The first-order valence-corrected chi connectivity index (χ1v) is 7.46. The van der Waals surface area contributed by atoms with E-state index < -0.39 is 14.9 Å². The molecule has 0 saturated carbocycles. The van der Waals surface area contributed by atoms with Crippen LogP contribution in [0, 0.1) is 17.0 Å². The Morgan fingerprint density at radius 3 is 2.65 bits per heavy atom. The quantitative estimate of drug-likeness (QED) is 0.636. The number of nitrogen functional groups attached to an aromatic ring is 1. The molecule has 0 amide bonds. The second kappa shape index (κ2) is 5.02. The van der Waals surface area contributed by atoms with Crippen molar-refractivity contribution in [1.29, 1.82) is 0 Å². The number of nitrogens with one attached hydrogen (secondary N) is 1. The molecule has 11 heteroatoms. The number of benzene rings is 1. The van der Waals surface area contributed by atoms with Crippen molar-refractivity contribution in [2.45, 2.75) is 11.3 Å². The summed E-state index contributed by atoms with van der Waals surface area (Å²) in [4.78, 5) is 10.2. The molecule has 0 fully saturated rings. The maximum Gasteiger partial charge on any atom is 0.291 e. The SMILES string of the molecule is Cc1ccc(NS(=O)(=O)c2nnc(N)s2)cc1[N+](=O)[O-]. The molecule has 20 heavy (non-hydrogen) atoms. The molecular weight excluding hydrogens is 306 g/mol. The number of hydrogen-bond acceptors (Lipinski definition) is 8. The first kappa shape index (κ1) is 14.1. The van der Waals surface area contributed by atoms with Crippen molar-refractivity contribution in [2.24, 2.45) is 0 Å². The first-order valence-electron chi connectivity index (χ1n) is 5.16. The zero-order valence-corrected chi connectivity index (χ0v) is 11.7. The summed E-state index contributed by atoms with van der Waals surface area (Å²) in [6.07, 6.45) is 0. The fourth-order valence-electron chi connectivity index (χ4n) is 1.40. The molecule has 2 aromatic rings. The van der Waals surface area contributed by atoms with Crippen LogP contribution in [0.4, 0.5) is 16.5 Å². The van der Waals surface area contributed by atoms with Gasteiger partial charge in [-0.2, -0.15) is 8.42 Å². The van der Waals surface area contributed by atoms with E-state index in [0.717, 1.165) is 6.07 Å². The van der Waals surface area contributed by atoms with Crippen LogP contribution in [0.1, 0.15) is 5.56 Å². The normalized spacial score (nSPS) is 11.2. The molecule has 106 valence electrons. The number of aromatic nitrogens is 2. The van der Waals surface area contributed by atoms with Gasteiger partial charge in [0.05, 0.1) is 10.6 Å². The minimum Gasteiger partial charge on any atom is -0.374 e. The van der Waals surface area contributed by atoms with Crippen LogP contribution in [0.5, 0.6) is 0 Å². The van der Waals surface area contributed by atoms with Gasteiger partial charge in [0.1, 0.15) is 0 Å². The summed E-state index contributed by atoms with van der Waals surface area (Å²) in [5.41, 5.74) is 5.63. The van der Waals surface area contributed by atoms with Crippen LogP contribution >= 0.6 is 11.3 Å². The maximum absolute atomic E-state index is 12.0. The summed E-state index contributed by atoms with van der Waals surface area (Å²) in [6.45, 7) is 1.56. The molecule has 2 rings (SSSR count). The standard InChI is InChI=1S/C9H9N5O4S2/c1-5-2-3-6(4-7(5)14(15)16)13-20(17,18)9-12-11-8(10)19-9/h2-4,13H,1H3,(H2,10,11). The molecule has 1 aromatic heterocycles. The second-order valence-electron chi connectivity index (χ2n) is 3.77. The zero-order chi connectivity index (χ0) is 14.9. The van der Waals surface area contributed by atoms with Crippen molar-refractivity contribution >= 4 is 37.9 Å². The largest absolute Gasteiger partial charge is 0.374 e. The first-order chi connectivity index (χ1) is 9.29. The predicted octanol–water partition coefficient (Wildman–Crippen LogP) is 1.14. The van der Waals surface area contributed by atoms with Crippen molar-refractivity contribution in [1.82, 2.24) is 10.2 Å². The van der Waals surface area contributed by atoms with E-state index in [4.69, 9.17) is 5.73 Å². The van der Waals surface area contributed by atoms with E-state index in [1.807, 2.05) is 0 Å². The topological polar surface area (TPSA) is 141 Å². The Bertz CT molecular complexity index is 770. The Morgan fingerprint density at radius 2 is 2.10 bits per heavy atom. The monoisotopic (exact) mass is 315 g/mol. The van der Waals surface area contributed by atoms with E-state index in [2.05, 4.69) is 14.9 Å². The second-order valence-corrected chi connectivity index (χ2v) is 6.64. The molecular formula is C9H9N5O4S2. The average molecular weight is 315 g/mol. The lowest BCUT2D eigenvalue weighted by Gasteiger charge is -2.05. The van der Waals surface area contributed by atoms with Gasteiger partial charge in [0.2, 0.25) is 5.13 Å². The predicted molar refractivity (Wildman–Crippen MR) is 73.0 cm³/mol. The highest BCUT2D eigenvalue weighted by atomic mass is 32.2. The van der Waals surface area contributed by atoms with Crippen molar-refractivity contribution in [2.75, 3.05) is 10.5 Å². The van der Waals surface area contributed by atoms with Crippen molar-refractivity contribution in [3.63, 3.8) is 0 Å². The van der Waals surface area contributed by atoms with Gasteiger partial charge in [-0.25, -0.2) is 0 Å². The number of rotatable bonds is 4. The van der Waals surface area contributed by atoms with Gasteiger partial charge in [0, 0.05) is 11.6 Å². The van der Waals surface area contributed by atoms with Gasteiger partial charge < -0.3 is 5.73 Å². The molecule has 0 radical (unpaired) electrons. The van der Waals surface area contributed by atoms with Crippen LogP contribution in [-0.4, -0.2) is 23.5 Å². The van der Waals surface area contributed by atoms with Gasteiger partial charge >= 0.3 is 0 Å². The third-order valence-electron chi connectivity index (χ3n) is 2.31. The molecule has 1 aromatic carbocycles. The molecule has 0 aliphatic heterocycles. The fraction of sp³-hybridized carbons (Fsp3) is 0.111. The van der Waals surface area contributed by atoms with Gasteiger partial charge in [-0.05, 0) is 13.0 Å². The average Bonchev–Trinajstić information content (AvgIpc) is 2.78. The molecule has 3 N–H and O–H groups in total. The minimum atomic E-state index is -3.96. The Hall–Kier alpha value is -2.27. The Kier molecular flexibility index (Phi) is 3.55. The van der Waals surface area contributed by atoms with Crippen molar-refractivity contribution < 1.29 is 13.3 Å². The molecule has 0 bridgehead atoms. The number of hydrogen-bond donors (Lipinski definition) is 2. The number of nitrogens with two attached hydrogens (primary N) is 1. The molecule has 0 saturated heterocycles. The fourth-order valence-corrected chi connectivity index (χ4v) is 3.23. The third-order valence-corrected chi connectivity index (χ3v) is 4.81. The summed E-state index contributed by atoms with van der Waals surface area (Å²) < 4.78 is 25.8. The molecule has 0 aliphatic rings. The van der Waals surface area contributed by atoms with Crippen LogP contribution in [0.25, 0.3) is 0 Å². The van der Waals surface area contributed by atoms with E-state index in [1.54, 1.807) is 6.92 Å². The van der Waals surface area contributed by atoms with Crippen LogP contribution < -0.4 is 10.5 Å². The highest BCUT2D eigenvalue weighted by molar-refractivity contribution is 7.94. The molecule has 0 unspecified atom stereocenters. The lowest BCUT2D eigenvalue weighted by Crippen LogP contribution is -2.13. The lowest BCUT2D eigenvalue weighted by atomic mass is 10.2. The van der Waals surface area contributed by atoms with E-state index >= 15 is 0 Å². The summed E-state index contributed by atoms with van der Waals surface area (Å²) in [5, 5.41) is 17.6. The van der Waals surface area contributed by atoms with E-state index in [9.17, 15) is 18.5 Å². The Labute approximate surface area is 117 Å². The molecule has 0 atom stereocenters. The van der Waals surface area contributed by atoms with E-state index in [1.165, 1.54) is 12.1 Å². The third kappa shape index (κ3) is 2.83. The van der Waals surface area contributed by atoms with Gasteiger partial charge in [0.15, 0.2) is 0 Å². The molecule has 1 heterocycles. The number of sulfonamides is 1. The lowest BCUT2D eigenvalue weighted by molar-refractivity contribution is -0.385. The molecule has 0 spiro atoms. The van der Waals surface area contributed by atoms with Crippen LogP contribution in [-0.2, 0) is 10.0 Å². The summed E-state index contributed by atoms with van der Waals surface area (Å²) >= 11 is 0.699. The Balaban J connectivity index is 2.35. The number of nitro benzene ring substituents is 1. The van der Waals surface area contributed by atoms with Crippen molar-refractivity contribution in [3.8, 4) is 0 Å². The van der Waals surface area contributed by atoms with Crippen LogP contribution in [0.15, 0.2) is 22.5 Å². The number of anilines is 2. The number of aryl methyl sites for hydroxylation is 1. The van der Waals surface area contributed by atoms with E-state index in [-0.39, 0.29) is 20.8 Å². The number of nitrogens with zero attached hydrogens (tertiary/aromatic N) is 3. The minimum absolute atomic E-state index is 0.0141. The van der Waals surface area contributed by atoms with Gasteiger partial charge in [-0.15, -0.1) is 10.2 Å². The zero-order valence-electron chi connectivity index (χ0n) is 10.1. The Morgan fingerprint density at radius 1 is 1.40 bits per heavy atom. The van der Waals surface area contributed by atoms with Crippen LogP contribution in [0.2, 0.25) is 0 Å². The van der Waals surface area contributed by atoms with E-state index in [0.29, 0.717) is 16.9 Å². The maximum atomic E-state index is 12.0. The summed E-state index contributed by atoms with van der Waals surface area (Å²) in [5.74, 6) is 0. The van der Waals surface area contributed by atoms with Gasteiger partial charge in [-0.1, -0.05) is 17.4 Å². The summed E-state index contributed by atoms with van der Waals surface area (Å²) in [6, 6.07) is 4.01. The smallest absolute Gasteiger partial charge is 0.291 e. The van der Waals surface area contributed by atoms with Gasteiger partial charge in [0.25, 0.3) is 20.1 Å². The molecule has 0 aliphatic carbocycles. The highest BCUT2D eigenvalue weighted by Crippen LogP contribution is 2.25. The molecule has 9 nitrogen and oxygen atoms in total. The number of nitro groups is 1.